The fraction of sp³-hybridized carbons (Fsp3) is 0.471. The predicted molar refractivity (Wildman–Crippen MR) is 97.3 cm³/mol. The Kier molecular flexibility index (Phi) is 6.20. The minimum Gasteiger partial charge on any atom is -0.357 e. The number of hydrogen-bond donors (Lipinski definition) is 2. The van der Waals surface area contributed by atoms with Crippen LogP contribution in [-0.4, -0.2) is 34.7 Å². The molecular weight excluding hydrogens is 326 g/mol. The molecule has 6 nitrogen and oxygen atoms in total. The summed E-state index contributed by atoms with van der Waals surface area (Å²) in [5.74, 6) is 1.91. The summed E-state index contributed by atoms with van der Waals surface area (Å²) in [4.78, 5) is 8.93. The quantitative estimate of drug-likeness (QED) is 0.640. The Morgan fingerprint density at radius 2 is 1.96 bits per heavy atom. The van der Waals surface area contributed by atoms with E-state index in [1.165, 1.54) is 0 Å². The van der Waals surface area contributed by atoms with Gasteiger partial charge in [-0.05, 0) is 52.0 Å². The number of nitrogens with one attached hydrogen (secondary N) is 2. The van der Waals surface area contributed by atoms with Crippen molar-refractivity contribution in [2.45, 2.75) is 39.7 Å². The van der Waals surface area contributed by atoms with E-state index in [1.54, 1.807) is 12.1 Å². The molecule has 0 saturated heterocycles. The van der Waals surface area contributed by atoms with Crippen molar-refractivity contribution in [3.63, 3.8) is 0 Å². The Bertz CT molecular complexity index is 673. The van der Waals surface area contributed by atoms with E-state index in [0.29, 0.717) is 29.7 Å². The van der Waals surface area contributed by atoms with Crippen molar-refractivity contribution in [1.82, 2.24) is 20.8 Å². The van der Waals surface area contributed by atoms with Gasteiger partial charge in [-0.1, -0.05) is 16.8 Å². The highest BCUT2D eigenvalue weighted by molar-refractivity contribution is 6.30. The van der Waals surface area contributed by atoms with Crippen LogP contribution in [-0.2, 0) is 6.42 Å². The third kappa shape index (κ3) is 5.85. The zero-order chi connectivity index (χ0) is 17.6. The topological polar surface area (TPSA) is 75.3 Å². The van der Waals surface area contributed by atoms with E-state index in [2.05, 4.69) is 46.5 Å². The SMILES string of the molecule is CCNC(=NCCc1nc(-c2ccc(Cl)cc2)no1)NC(C)(C)C. The van der Waals surface area contributed by atoms with E-state index >= 15 is 0 Å². The molecule has 0 amide bonds. The second-order valence-electron chi connectivity index (χ2n) is 6.40. The Hall–Kier alpha value is -2.08. The van der Waals surface area contributed by atoms with Crippen LogP contribution in [0.2, 0.25) is 5.02 Å². The second kappa shape index (κ2) is 8.15. The number of aromatic nitrogens is 2. The molecule has 7 heteroatoms. The lowest BCUT2D eigenvalue weighted by Gasteiger charge is -2.23. The Morgan fingerprint density at radius 3 is 2.58 bits per heavy atom. The smallest absolute Gasteiger partial charge is 0.228 e. The number of halogens is 1. The van der Waals surface area contributed by atoms with E-state index in [9.17, 15) is 0 Å². The Balaban J connectivity index is 1.96. The van der Waals surface area contributed by atoms with Crippen molar-refractivity contribution in [3.8, 4) is 11.4 Å². The Morgan fingerprint density at radius 1 is 1.25 bits per heavy atom. The molecule has 0 bridgehead atoms. The summed E-state index contributed by atoms with van der Waals surface area (Å²) < 4.78 is 5.29. The molecule has 2 N–H and O–H groups in total. The standard InChI is InChI=1S/C17H24ClN5O/c1-5-19-16(22-17(2,3)4)20-11-10-14-21-15(23-24-14)12-6-8-13(18)9-7-12/h6-9H,5,10-11H2,1-4H3,(H2,19,20,22). The molecule has 0 unspecified atom stereocenters. The molecule has 0 aliphatic heterocycles. The summed E-state index contributed by atoms with van der Waals surface area (Å²) in [6.45, 7) is 9.69. The van der Waals surface area contributed by atoms with Gasteiger partial charge in [-0.25, -0.2) is 0 Å². The van der Waals surface area contributed by atoms with Crippen molar-refractivity contribution in [2.24, 2.45) is 4.99 Å². The molecule has 0 aliphatic rings. The van der Waals surface area contributed by atoms with Crippen LogP contribution in [0.1, 0.15) is 33.6 Å². The lowest BCUT2D eigenvalue weighted by molar-refractivity contribution is 0.380. The minimum atomic E-state index is -0.0484. The van der Waals surface area contributed by atoms with Crippen molar-refractivity contribution in [2.75, 3.05) is 13.1 Å². The van der Waals surface area contributed by atoms with Crippen LogP contribution >= 0.6 is 11.6 Å². The first-order valence-corrected chi connectivity index (χ1v) is 8.40. The van der Waals surface area contributed by atoms with Gasteiger partial charge in [0, 0.05) is 29.1 Å². The van der Waals surface area contributed by atoms with Crippen molar-refractivity contribution >= 4 is 17.6 Å². The fourth-order valence-corrected chi connectivity index (χ4v) is 2.12. The highest BCUT2D eigenvalue weighted by atomic mass is 35.5. The number of rotatable bonds is 5. The monoisotopic (exact) mass is 349 g/mol. The molecule has 24 heavy (non-hydrogen) atoms. The van der Waals surface area contributed by atoms with Gasteiger partial charge in [0.1, 0.15) is 0 Å². The van der Waals surface area contributed by atoms with Crippen LogP contribution in [0.25, 0.3) is 11.4 Å². The van der Waals surface area contributed by atoms with Gasteiger partial charge in [0.15, 0.2) is 5.96 Å². The second-order valence-corrected chi connectivity index (χ2v) is 6.84. The zero-order valence-corrected chi connectivity index (χ0v) is 15.3. The minimum absolute atomic E-state index is 0.0484. The van der Waals surface area contributed by atoms with Crippen molar-refractivity contribution in [3.05, 3.63) is 35.2 Å². The van der Waals surface area contributed by atoms with Gasteiger partial charge in [-0.3, -0.25) is 4.99 Å². The maximum atomic E-state index is 5.88. The third-order valence-electron chi connectivity index (χ3n) is 3.00. The number of guanidine groups is 1. The first-order chi connectivity index (χ1) is 11.4. The molecule has 2 aromatic rings. The van der Waals surface area contributed by atoms with Gasteiger partial charge in [-0.2, -0.15) is 4.98 Å². The van der Waals surface area contributed by atoms with Gasteiger partial charge in [-0.15, -0.1) is 0 Å². The zero-order valence-electron chi connectivity index (χ0n) is 14.6. The molecular formula is C17H24ClN5O. The number of benzene rings is 1. The first-order valence-electron chi connectivity index (χ1n) is 8.02. The summed E-state index contributed by atoms with van der Waals surface area (Å²) in [6.07, 6.45) is 0.585. The van der Waals surface area contributed by atoms with Gasteiger partial charge >= 0.3 is 0 Å². The highest BCUT2D eigenvalue weighted by Crippen LogP contribution is 2.18. The summed E-state index contributed by atoms with van der Waals surface area (Å²) >= 11 is 5.88. The van der Waals surface area contributed by atoms with Crippen molar-refractivity contribution < 1.29 is 4.52 Å². The van der Waals surface area contributed by atoms with Gasteiger partial charge in [0.25, 0.3) is 0 Å². The maximum absolute atomic E-state index is 5.88. The molecule has 0 saturated carbocycles. The van der Waals surface area contributed by atoms with E-state index in [-0.39, 0.29) is 5.54 Å². The Labute approximate surface area is 147 Å². The van der Waals surface area contributed by atoms with E-state index in [0.717, 1.165) is 18.1 Å². The summed E-state index contributed by atoms with van der Waals surface area (Å²) in [7, 11) is 0. The average Bonchev–Trinajstić information content (AvgIpc) is 2.95. The van der Waals surface area contributed by atoms with Crippen LogP contribution in [0.5, 0.6) is 0 Å². The molecule has 1 heterocycles. The van der Waals surface area contributed by atoms with Crippen LogP contribution in [0.15, 0.2) is 33.8 Å². The summed E-state index contributed by atoms with van der Waals surface area (Å²) in [5.41, 5.74) is 0.827. The van der Waals surface area contributed by atoms with E-state index in [4.69, 9.17) is 16.1 Å². The molecule has 1 aromatic carbocycles. The number of nitrogens with zero attached hydrogens (tertiary/aromatic N) is 3. The van der Waals surface area contributed by atoms with Gasteiger partial charge in [0.05, 0.1) is 6.54 Å². The summed E-state index contributed by atoms with van der Waals surface area (Å²) in [5, 5.41) is 11.2. The molecule has 1 aromatic heterocycles. The van der Waals surface area contributed by atoms with Crippen LogP contribution in [0.3, 0.4) is 0 Å². The average molecular weight is 350 g/mol. The van der Waals surface area contributed by atoms with Crippen LogP contribution < -0.4 is 10.6 Å². The third-order valence-corrected chi connectivity index (χ3v) is 3.26. The molecule has 2 rings (SSSR count). The largest absolute Gasteiger partial charge is 0.357 e. The number of hydrogen-bond acceptors (Lipinski definition) is 4. The van der Waals surface area contributed by atoms with E-state index < -0.39 is 0 Å². The van der Waals surface area contributed by atoms with E-state index in [1.807, 2.05) is 19.1 Å². The molecule has 0 radical (unpaired) electrons. The first kappa shape index (κ1) is 18.3. The molecule has 130 valence electrons. The molecule has 0 fully saturated rings. The van der Waals surface area contributed by atoms with Crippen LogP contribution in [0.4, 0.5) is 0 Å². The fourth-order valence-electron chi connectivity index (χ4n) is 2.00. The lowest BCUT2D eigenvalue weighted by Crippen LogP contribution is -2.47. The molecule has 0 atom stereocenters. The summed E-state index contributed by atoms with van der Waals surface area (Å²) in [6, 6.07) is 7.34. The molecule has 0 aliphatic carbocycles. The predicted octanol–water partition coefficient (Wildman–Crippen LogP) is 3.29. The molecule has 0 spiro atoms. The lowest BCUT2D eigenvalue weighted by atomic mass is 10.1. The highest BCUT2D eigenvalue weighted by Gasteiger charge is 2.12. The van der Waals surface area contributed by atoms with Gasteiger partial charge in [0.2, 0.25) is 11.7 Å². The number of aliphatic imine (C=N–C) groups is 1. The van der Waals surface area contributed by atoms with Crippen LogP contribution in [0, 0.1) is 0 Å². The van der Waals surface area contributed by atoms with Crippen molar-refractivity contribution in [1.29, 1.82) is 0 Å². The van der Waals surface area contributed by atoms with Gasteiger partial charge < -0.3 is 15.2 Å². The maximum Gasteiger partial charge on any atom is 0.228 e. The normalized spacial score (nSPS) is 12.3.